The molecule has 1 saturated heterocycles. The van der Waals surface area contributed by atoms with Crippen molar-refractivity contribution in [3.8, 4) is 0 Å². The number of carboxylic acid groups (broad SMARTS) is 1. The number of carboxylic acids is 1. The number of rotatable bonds is 7. The molecule has 1 fully saturated rings. The van der Waals surface area contributed by atoms with E-state index in [0.29, 0.717) is 45.9 Å². The maximum absolute atomic E-state index is 11.8. The topological polar surface area (TPSA) is 82.1 Å². The Balaban J connectivity index is 2.13. The lowest BCUT2D eigenvalue weighted by atomic mass is 10.3. The molecule has 7 nitrogen and oxygen atoms in total. The highest BCUT2D eigenvalue weighted by molar-refractivity contribution is 5.74. The van der Waals surface area contributed by atoms with Crippen LogP contribution in [0.4, 0.5) is 4.79 Å². The fourth-order valence-electron chi connectivity index (χ4n) is 1.89. The molecule has 0 saturated carbocycles. The molecule has 0 aromatic rings. The van der Waals surface area contributed by atoms with Crippen molar-refractivity contribution in [1.29, 1.82) is 0 Å². The molecule has 0 aromatic carbocycles. The second-order valence-corrected chi connectivity index (χ2v) is 4.90. The minimum atomic E-state index is -0.836. The number of carbonyl (C=O) groups is 2. The maximum atomic E-state index is 11.8. The van der Waals surface area contributed by atoms with Crippen LogP contribution in [0.25, 0.3) is 0 Å². The van der Waals surface area contributed by atoms with E-state index in [-0.39, 0.29) is 12.6 Å². The molecule has 0 aliphatic carbocycles. The molecule has 114 valence electrons. The van der Waals surface area contributed by atoms with Gasteiger partial charge < -0.3 is 20.1 Å². The van der Waals surface area contributed by atoms with Crippen molar-refractivity contribution in [3.05, 3.63) is 12.2 Å². The fraction of sp³-hybridized carbons (Fsp3) is 0.692. The minimum absolute atomic E-state index is 0.0319. The highest BCUT2D eigenvalue weighted by Gasteiger charge is 2.21. The van der Waals surface area contributed by atoms with Crippen molar-refractivity contribution < 1.29 is 19.4 Å². The Bertz CT molecular complexity index is 352. The number of nitrogens with zero attached hydrogens (tertiary/aromatic N) is 2. The average Bonchev–Trinajstić information content (AvgIpc) is 2.38. The zero-order valence-corrected chi connectivity index (χ0v) is 11.9. The van der Waals surface area contributed by atoms with Crippen molar-refractivity contribution in [3.63, 3.8) is 0 Å². The first kappa shape index (κ1) is 16.5. The van der Waals surface area contributed by atoms with Crippen LogP contribution in [-0.2, 0) is 9.53 Å². The molecule has 1 aliphatic rings. The van der Waals surface area contributed by atoms with E-state index >= 15 is 0 Å². The molecule has 2 N–H and O–H groups in total. The predicted molar refractivity (Wildman–Crippen MR) is 74.7 cm³/mol. The molecule has 1 heterocycles. The van der Waals surface area contributed by atoms with E-state index in [1.807, 2.05) is 11.8 Å². The fourth-order valence-corrected chi connectivity index (χ4v) is 1.89. The molecule has 1 aliphatic heterocycles. The van der Waals surface area contributed by atoms with Crippen molar-refractivity contribution in [2.45, 2.75) is 6.92 Å². The van der Waals surface area contributed by atoms with Gasteiger partial charge in [0, 0.05) is 32.7 Å². The molecule has 1 rings (SSSR count). The molecule has 0 unspecified atom stereocenters. The maximum Gasteiger partial charge on any atom is 0.317 e. The average molecular weight is 285 g/mol. The number of aliphatic carboxylic acids is 1. The van der Waals surface area contributed by atoms with E-state index in [1.165, 1.54) is 0 Å². The summed E-state index contributed by atoms with van der Waals surface area (Å²) in [7, 11) is 0. The molecule has 7 heteroatoms. The monoisotopic (exact) mass is 285 g/mol. The molecule has 20 heavy (non-hydrogen) atoms. The van der Waals surface area contributed by atoms with Gasteiger partial charge in [0.2, 0.25) is 0 Å². The van der Waals surface area contributed by atoms with Crippen molar-refractivity contribution >= 4 is 12.0 Å². The Labute approximate surface area is 119 Å². The van der Waals surface area contributed by atoms with Crippen LogP contribution in [0.1, 0.15) is 6.92 Å². The smallest absolute Gasteiger partial charge is 0.317 e. The second kappa shape index (κ2) is 8.55. The van der Waals surface area contributed by atoms with Crippen LogP contribution in [-0.4, -0.2) is 79.4 Å². The normalized spacial score (nSPS) is 15.9. The van der Waals surface area contributed by atoms with Gasteiger partial charge in [0.05, 0.1) is 19.8 Å². The number of ether oxygens (including phenoxy) is 1. The van der Waals surface area contributed by atoms with Crippen LogP contribution in [0.2, 0.25) is 0 Å². The number of urea groups is 1. The van der Waals surface area contributed by atoms with Crippen LogP contribution in [0.3, 0.4) is 0 Å². The van der Waals surface area contributed by atoms with Crippen LogP contribution in [0.15, 0.2) is 12.2 Å². The summed E-state index contributed by atoms with van der Waals surface area (Å²) in [6.07, 6.45) is 0. The van der Waals surface area contributed by atoms with Gasteiger partial charge in [-0.15, -0.1) is 0 Å². The van der Waals surface area contributed by atoms with E-state index in [1.54, 1.807) is 4.90 Å². The summed E-state index contributed by atoms with van der Waals surface area (Å²) in [6.45, 7) is 9.33. The molecule has 2 amide bonds. The lowest BCUT2D eigenvalue weighted by Crippen LogP contribution is -2.52. The summed E-state index contributed by atoms with van der Waals surface area (Å²) in [5.41, 5.74) is 0.950. The van der Waals surface area contributed by atoms with Crippen molar-refractivity contribution in [2.24, 2.45) is 0 Å². The summed E-state index contributed by atoms with van der Waals surface area (Å²) in [5, 5.41) is 11.5. The van der Waals surface area contributed by atoms with Gasteiger partial charge in [0.25, 0.3) is 0 Å². The number of amides is 2. The van der Waals surface area contributed by atoms with Crippen LogP contribution < -0.4 is 5.32 Å². The second-order valence-electron chi connectivity index (χ2n) is 4.90. The van der Waals surface area contributed by atoms with E-state index in [4.69, 9.17) is 9.84 Å². The Kier molecular flexibility index (Phi) is 7.03. The Morgan fingerprint density at radius 2 is 1.95 bits per heavy atom. The number of nitrogens with one attached hydrogen (secondary N) is 1. The van der Waals surface area contributed by atoms with Gasteiger partial charge in [-0.25, -0.2) is 4.79 Å². The third-order valence-electron chi connectivity index (χ3n) is 2.89. The number of hydrogen-bond acceptors (Lipinski definition) is 4. The van der Waals surface area contributed by atoms with Crippen LogP contribution in [0.5, 0.6) is 0 Å². The predicted octanol–water partition coefficient (Wildman–Crippen LogP) is -0.00910. The zero-order chi connectivity index (χ0) is 15.0. The quantitative estimate of drug-likeness (QED) is 0.508. The molecule has 0 bridgehead atoms. The SMILES string of the molecule is C=C(C)COCCNC(=O)N1CCN(CC(=O)O)CC1. The number of carbonyl (C=O) groups excluding carboxylic acids is 1. The third-order valence-corrected chi connectivity index (χ3v) is 2.89. The molecular weight excluding hydrogens is 262 g/mol. The molecule has 0 aromatic heterocycles. The Morgan fingerprint density at radius 1 is 1.30 bits per heavy atom. The van der Waals surface area contributed by atoms with E-state index in [9.17, 15) is 9.59 Å². The lowest BCUT2D eigenvalue weighted by Gasteiger charge is -2.33. The van der Waals surface area contributed by atoms with Gasteiger partial charge in [-0.1, -0.05) is 12.2 Å². The molecular formula is C13H23N3O4. The summed E-state index contributed by atoms with van der Waals surface area (Å²) in [6, 6.07) is -0.126. The Hall–Kier alpha value is -1.60. The van der Waals surface area contributed by atoms with Crippen LogP contribution in [0, 0.1) is 0 Å². The summed E-state index contributed by atoms with van der Waals surface area (Å²) < 4.78 is 5.29. The first-order valence-electron chi connectivity index (χ1n) is 6.68. The summed E-state index contributed by atoms with van der Waals surface area (Å²) in [5.74, 6) is -0.836. The minimum Gasteiger partial charge on any atom is -0.480 e. The molecule has 0 spiro atoms. The van der Waals surface area contributed by atoms with E-state index in [2.05, 4.69) is 11.9 Å². The standard InChI is InChI=1S/C13H23N3O4/c1-11(2)10-20-8-3-14-13(19)16-6-4-15(5-7-16)9-12(17)18/h1,3-10H2,2H3,(H,14,19)(H,17,18). The van der Waals surface area contributed by atoms with Gasteiger partial charge >= 0.3 is 12.0 Å². The van der Waals surface area contributed by atoms with Gasteiger partial charge in [-0.2, -0.15) is 0 Å². The van der Waals surface area contributed by atoms with E-state index < -0.39 is 5.97 Å². The first-order valence-corrected chi connectivity index (χ1v) is 6.68. The largest absolute Gasteiger partial charge is 0.480 e. The zero-order valence-electron chi connectivity index (χ0n) is 11.9. The van der Waals surface area contributed by atoms with Crippen molar-refractivity contribution in [1.82, 2.24) is 15.1 Å². The molecule has 0 radical (unpaired) electrons. The summed E-state index contributed by atoms with van der Waals surface area (Å²) >= 11 is 0. The van der Waals surface area contributed by atoms with Gasteiger partial charge in [0.15, 0.2) is 0 Å². The van der Waals surface area contributed by atoms with Gasteiger partial charge in [0.1, 0.15) is 0 Å². The lowest BCUT2D eigenvalue weighted by molar-refractivity contribution is -0.138. The van der Waals surface area contributed by atoms with Crippen LogP contribution >= 0.6 is 0 Å². The highest BCUT2D eigenvalue weighted by Crippen LogP contribution is 2.01. The van der Waals surface area contributed by atoms with Gasteiger partial charge in [-0.3, -0.25) is 9.69 Å². The number of hydrogen-bond donors (Lipinski definition) is 2. The summed E-state index contributed by atoms with van der Waals surface area (Å²) in [4.78, 5) is 25.9. The van der Waals surface area contributed by atoms with E-state index in [0.717, 1.165) is 5.57 Å². The van der Waals surface area contributed by atoms with Gasteiger partial charge in [-0.05, 0) is 6.92 Å². The van der Waals surface area contributed by atoms with Crippen molar-refractivity contribution in [2.75, 3.05) is 52.5 Å². The number of piperazine rings is 1. The first-order chi connectivity index (χ1) is 9.49. The Morgan fingerprint density at radius 3 is 2.50 bits per heavy atom. The molecule has 0 atom stereocenters. The highest BCUT2D eigenvalue weighted by atomic mass is 16.5. The third kappa shape index (κ3) is 6.53.